The van der Waals surface area contributed by atoms with E-state index in [1.165, 1.54) is 57.1 Å². The Kier molecular flexibility index (Phi) is 9.45. The van der Waals surface area contributed by atoms with Gasteiger partial charge in [-0.3, -0.25) is 4.98 Å². The minimum atomic E-state index is 0.355. The molecule has 0 fully saturated rings. The number of rotatable bonds is 11. The van der Waals surface area contributed by atoms with Crippen LogP contribution in [0.15, 0.2) is 24.4 Å². The predicted molar refractivity (Wildman–Crippen MR) is 76.6 cm³/mol. The SMILES string of the molecule is OCCCCCCCCCCCc1ccccn1. The van der Waals surface area contributed by atoms with Gasteiger partial charge in [-0.1, -0.05) is 51.0 Å². The summed E-state index contributed by atoms with van der Waals surface area (Å²) in [5, 5.41) is 8.65. The van der Waals surface area contributed by atoms with Gasteiger partial charge in [0.25, 0.3) is 0 Å². The maximum Gasteiger partial charge on any atom is 0.0431 e. The minimum absolute atomic E-state index is 0.355. The van der Waals surface area contributed by atoms with Crippen LogP contribution in [-0.4, -0.2) is 16.7 Å². The molecule has 0 saturated heterocycles. The van der Waals surface area contributed by atoms with E-state index in [4.69, 9.17) is 5.11 Å². The van der Waals surface area contributed by atoms with Crippen molar-refractivity contribution in [1.82, 2.24) is 4.98 Å². The van der Waals surface area contributed by atoms with Crippen LogP contribution < -0.4 is 0 Å². The lowest BCUT2D eigenvalue weighted by atomic mass is 10.1. The Morgan fingerprint density at radius 1 is 0.778 bits per heavy atom. The Morgan fingerprint density at radius 3 is 1.94 bits per heavy atom. The second-order valence-electron chi connectivity index (χ2n) is 4.98. The zero-order valence-corrected chi connectivity index (χ0v) is 11.5. The van der Waals surface area contributed by atoms with Crippen molar-refractivity contribution in [2.75, 3.05) is 6.61 Å². The van der Waals surface area contributed by atoms with Gasteiger partial charge in [0.05, 0.1) is 0 Å². The molecule has 1 aromatic rings. The number of aliphatic hydroxyl groups is 1. The Balaban J connectivity index is 1.82. The van der Waals surface area contributed by atoms with Gasteiger partial charge in [-0.15, -0.1) is 0 Å². The molecule has 0 aliphatic heterocycles. The van der Waals surface area contributed by atoms with Crippen molar-refractivity contribution in [3.8, 4) is 0 Å². The Labute approximate surface area is 111 Å². The third kappa shape index (κ3) is 8.24. The molecule has 0 bridgehead atoms. The fourth-order valence-electron chi connectivity index (χ4n) is 2.20. The maximum atomic E-state index is 8.65. The van der Waals surface area contributed by atoms with Crippen LogP contribution in [0.1, 0.15) is 63.5 Å². The van der Waals surface area contributed by atoms with E-state index in [0.29, 0.717) is 6.61 Å². The van der Waals surface area contributed by atoms with E-state index in [0.717, 1.165) is 12.8 Å². The molecule has 0 atom stereocenters. The smallest absolute Gasteiger partial charge is 0.0431 e. The molecule has 102 valence electrons. The number of nitrogens with zero attached hydrogens (tertiary/aromatic N) is 1. The molecule has 1 N–H and O–H groups in total. The first-order valence-corrected chi connectivity index (χ1v) is 7.44. The van der Waals surface area contributed by atoms with Gasteiger partial charge in [0.1, 0.15) is 0 Å². The van der Waals surface area contributed by atoms with E-state index >= 15 is 0 Å². The molecule has 0 radical (unpaired) electrons. The predicted octanol–water partition coefficient (Wildman–Crippen LogP) is 4.13. The zero-order valence-electron chi connectivity index (χ0n) is 11.5. The van der Waals surface area contributed by atoms with E-state index in [1.807, 2.05) is 12.3 Å². The molecule has 1 heterocycles. The molecule has 0 unspecified atom stereocenters. The molecule has 0 aliphatic carbocycles. The minimum Gasteiger partial charge on any atom is -0.396 e. The van der Waals surface area contributed by atoms with E-state index in [1.54, 1.807) is 0 Å². The third-order valence-corrected chi connectivity index (χ3v) is 3.32. The number of unbranched alkanes of at least 4 members (excludes halogenated alkanes) is 8. The third-order valence-electron chi connectivity index (χ3n) is 3.32. The molecule has 18 heavy (non-hydrogen) atoms. The van der Waals surface area contributed by atoms with E-state index in [2.05, 4.69) is 17.1 Å². The van der Waals surface area contributed by atoms with Crippen LogP contribution in [0.3, 0.4) is 0 Å². The summed E-state index contributed by atoms with van der Waals surface area (Å²) in [5.41, 5.74) is 1.22. The molecule has 1 rings (SSSR count). The van der Waals surface area contributed by atoms with Crippen LogP contribution in [0.4, 0.5) is 0 Å². The monoisotopic (exact) mass is 249 g/mol. The highest BCUT2D eigenvalue weighted by molar-refractivity contribution is 5.03. The van der Waals surface area contributed by atoms with Gasteiger partial charge < -0.3 is 5.11 Å². The molecular weight excluding hydrogens is 222 g/mol. The van der Waals surface area contributed by atoms with Gasteiger partial charge in [0.15, 0.2) is 0 Å². The first-order chi connectivity index (χ1) is 8.93. The molecule has 0 aromatic carbocycles. The molecule has 1 aromatic heterocycles. The van der Waals surface area contributed by atoms with Crippen LogP contribution in [0.5, 0.6) is 0 Å². The lowest BCUT2D eigenvalue weighted by Gasteiger charge is -2.02. The quantitative estimate of drug-likeness (QED) is 0.598. The number of aromatic nitrogens is 1. The van der Waals surface area contributed by atoms with Crippen molar-refractivity contribution in [2.45, 2.75) is 64.2 Å². The molecule has 0 spiro atoms. The van der Waals surface area contributed by atoms with Crippen molar-refractivity contribution >= 4 is 0 Å². The molecule has 2 heteroatoms. The lowest BCUT2D eigenvalue weighted by molar-refractivity contribution is 0.282. The number of aliphatic hydroxyl groups excluding tert-OH is 1. The Bertz CT molecular complexity index is 274. The Morgan fingerprint density at radius 2 is 1.39 bits per heavy atom. The average Bonchev–Trinajstić information content (AvgIpc) is 2.42. The van der Waals surface area contributed by atoms with Gasteiger partial charge in [-0.05, 0) is 31.4 Å². The van der Waals surface area contributed by atoms with Crippen molar-refractivity contribution in [3.05, 3.63) is 30.1 Å². The summed E-state index contributed by atoms with van der Waals surface area (Å²) in [4.78, 5) is 4.33. The van der Waals surface area contributed by atoms with Gasteiger partial charge in [0.2, 0.25) is 0 Å². The maximum absolute atomic E-state index is 8.65. The number of hydrogen-bond acceptors (Lipinski definition) is 2. The van der Waals surface area contributed by atoms with Crippen LogP contribution >= 0.6 is 0 Å². The highest BCUT2D eigenvalue weighted by Crippen LogP contribution is 2.10. The summed E-state index contributed by atoms with van der Waals surface area (Å²) in [7, 11) is 0. The fourth-order valence-corrected chi connectivity index (χ4v) is 2.20. The summed E-state index contributed by atoms with van der Waals surface area (Å²) >= 11 is 0. The van der Waals surface area contributed by atoms with E-state index in [9.17, 15) is 0 Å². The van der Waals surface area contributed by atoms with E-state index in [-0.39, 0.29) is 0 Å². The Hall–Kier alpha value is -0.890. The first kappa shape index (κ1) is 15.2. The fraction of sp³-hybridized carbons (Fsp3) is 0.688. The number of pyridine rings is 1. The second-order valence-corrected chi connectivity index (χ2v) is 4.98. The summed E-state index contributed by atoms with van der Waals surface area (Å²) in [6.45, 7) is 0.355. The number of hydrogen-bond donors (Lipinski definition) is 1. The molecule has 0 saturated carbocycles. The van der Waals surface area contributed by atoms with Crippen LogP contribution in [-0.2, 0) is 6.42 Å². The summed E-state index contributed by atoms with van der Waals surface area (Å²) in [5.74, 6) is 0. The highest BCUT2D eigenvalue weighted by Gasteiger charge is 1.95. The summed E-state index contributed by atoms with van der Waals surface area (Å²) in [6, 6.07) is 6.15. The first-order valence-electron chi connectivity index (χ1n) is 7.44. The van der Waals surface area contributed by atoms with Crippen molar-refractivity contribution in [3.63, 3.8) is 0 Å². The topological polar surface area (TPSA) is 33.1 Å². The van der Waals surface area contributed by atoms with Gasteiger partial charge in [-0.2, -0.15) is 0 Å². The summed E-state index contributed by atoms with van der Waals surface area (Å²) < 4.78 is 0. The molecule has 0 aliphatic rings. The van der Waals surface area contributed by atoms with Crippen LogP contribution in [0, 0.1) is 0 Å². The van der Waals surface area contributed by atoms with Crippen molar-refractivity contribution < 1.29 is 5.11 Å². The molecule has 0 amide bonds. The largest absolute Gasteiger partial charge is 0.396 e. The second kappa shape index (κ2) is 11.2. The average molecular weight is 249 g/mol. The highest BCUT2D eigenvalue weighted by atomic mass is 16.2. The van der Waals surface area contributed by atoms with Gasteiger partial charge in [0, 0.05) is 18.5 Å². The normalized spacial score (nSPS) is 10.7. The van der Waals surface area contributed by atoms with Crippen LogP contribution in [0.2, 0.25) is 0 Å². The summed E-state index contributed by atoms with van der Waals surface area (Å²) in [6.07, 6.45) is 14.5. The molecule has 2 nitrogen and oxygen atoms in total. The van der Waals surface area contributed by atoms with E-state index < -0.39 is 0 Å². The van der Waals surface area contributed by atoms with Gasteiger partial charge >= 0.3 is 0 Å². The van der Waals surface area contributed by atoms with Crippen molar-refractivity contribution in [2.24, 2.45) is 0 Å². The zero-order chi connectivity index (χ0) is 12.9. The number of aryl methyl sites for hydroxylation is 1. The standard InChI is InChI=1S/C16H27NO/c18-15-11-7-5-3-1-2-4-6-8-12-16-13-9-10-14-17-16/h9-10,13-14,18H,1-8,11-12,15H2. The van der Waals surface area contributed by atoms with Crippen molar-refractivity contribution in [1.29, 1.82) is 0 Å². The van der Waals surface area contributed by atoms with Crippen LogP contribution in [0.25, 0.3) is 0 Å². The molecular formula is C16H27NO. The van der Waals surface area contributed by atoms with Gasteiger partial charge in [-0.25, -0.2) is 0 Å². The lowest BCUT2D eigenvalue weighted by Crippen LogP contribution is -1.89.